The highest BCUT2D eigenvalue weighted by molar-refractivity contribution is 5.81. The Hall–Kier alpha value is -4.48. The van der Waals surface area contributed by atoms with Crippen molar-refractivity contribution < 1.29 is 28.8 Å². The van der Waals surface area contributed by atoms with Gasteiger partial charge >= 0.3 is 5.97 Å². The number of nitrogens with zero attached hydrogens (tertiary/aromatic N) is 2. The summed E-state index contributed by atoms with van der Waals surface area (Å²) in [5.74, 6) is 0.893. The first kappa shape index (κ1) is 28.8. The Morgan fingerprint density at radius 2 is 1.73 bits per heavy atom. The van der Waals surface area contributed by atoms with Gasteiger partial charge in [0.15, 0.2) is 16.5 Å². The van der Waals surface area contributed by atoms with Crippen molar-refractivity contribution in [1.82, 2.24) is 5.32 Å². The third-order valence-corrected chi connectivity index (χ3v) is 5.40. The summed E-state index contributed by atoms with van der Waals surface area (Å²) in [5.41, 5.74) is 8.88. The number of hydrazone groups is 1. The van der Waals surface area contributed by atoms with Gasteiger partial charge in [0, 0.05) is 12.2 Å². The molecule has 0 aliphatic heterocycles. The minimum Gasteiger partial charge on any atom is -0.493 e. The van der Waals surface area contributed by atoms with Crippen LogP contribution in [0, 0.1) is 17.0 Å². The molecule has 0 aromatic heterocycles. The van der Waals surface area contributed by atoms with E-state index in [1.807, 2.05) is 49.4 Å². The van der Waals surface area contributed by atoms with Gasteiger partial charge in [0.25, 0.3) is 5.96 Å². The molecule has 200 valence electrons. The second kappa shape index (κ2) is 14.2. The molecule has 0 aliphatic carbocycles. The molecular formula is C25H33N5O7. The van der Waals surface area contributed by atoms with Gasteiger partial charge in [0.2, 0.25) is 5.75 Å². The predicted molar refractivity (Wildman–Crippen MR) is 141 cm³/mol. The van der Waals surface area contributed by atoms with Crippen LogP contribution < -0.4 is 30.6 Å². The first-order valence-electron chi connectivity index (χ1n) is 11.4. The van der Waals surface area contributed by atoms with Crippen LogP contribution in [0.5, 0.6) is 17.2 Å². The Balaban J connectivity index is 2.17. The molecule has 12 nitrogen and oxygen atoms in total. The van der Waals surface area contributed by atoms with E-state index in [1.54, 1.807) is 21.3 Å². The maximum absolute atomic E-state index is 12.4. The summed E-state index contributed by atoms with van der Waals surface area (Å²) in [6, 6.07) is 8.89. The Morgan fingerprint density at radius 1 is 1.08 bits per heavy atom. The molecule has 0 radical (unpaired) electrons. The zero-order chi connectivity index (χ0) is 27.4. The predicted octanol–water partition coefficient (Wildman–Crippen LogP) is 3.02. The molecule has 2 aromatic rings. The third kappa shape index (κ3) is 8.60. The van der Waals surface area contributed by atoms with E-state index in [-0.39, 0.29) is 5.96 Å². The number of nitrogens with two attached hydrogens (primary N) is 1. The van der Waals surface area contributed by atoms with Crippen LogP contribution >= 0.6 is 0 Å². The average molecular weight is 516 g/mol. The monoisotopic (exact) mass is 515 g/mol. The second-order valence-electron chi connectivity index (χ2n) is 7.88. The number of guanidine groups is 1. The van der Waals surface area contributed by atoms with Gasteiger partial charge in [-0.2, -0.15) is 0 Å². The standard InChI is InChI=1S/C25H33N5O7/c1-16-8-9-17(10-11-18-14-21(34-2)23(36-4)22(15-18)35-3)13-20(16)28-19(24(31)37-5)7-6-12-27-25(26)29-30(32)33/h8-11,13-15,19,28H,6-7,12H2,1-5H3,(H3,26,27,29)/b11-10-. The zero-order valence-corrected chi connectivity index (χ0v) is 21.6. The van der Waals surface area contributed by atoms with Crippen LogP contribution in [0.3, 0.4) is 0 Å². The molecule has 0 amide bonds. The van der Waals surface area contributed by atoms with Crippen molar-refractivity contribution in [3.8, 4) is 17.2 Å². The number of esters is 1. The number of carbonyl (C=O) groups is 1. The summed E-state index contributed by atoms with van der Waals surface area (Å²) in [4.78, 5) is 22.7. The number of aryl methyl sites for hydroxylation is 1. The van der Waals surface area contributed by atoms with Crippen LogP contribution in [0.1, 0.15) is 29.5 Å². The van der Waals surface area contributed by atoms with Crippen molar-refractivity contribution in [3.05, 3.63) is 57.1 Å². The largest absolute Gasteiger partial charge is 0.493 e. The van der Waals surface area contributed by atoms with E-state index in [2.05, 4.69) is 15.7 Å². The Bertz CT molecular complexity index is 1130. The van der Waals surface area contributed by atoms with Gasteiger partial charge in [-0.1, -0.05) is 24.3 Å². The Kier molecular flexibility index (Phi) is 11.0. The number of anilines is 1. The van der Waals surface area contributed by atoms with Gasteiger partial charge in [-0.3, -0.25) is 0 Å². The van der Waals surface area contributed by atoms with Crippen molar-refractivity contribution in [2.24, 2.45) is 10.8 Å². The number of methoxy groups -OCH3 is 4. The average Bonchev–Trinajstić information content (AvgIpc) is 2.88. The molecule has 0 saturated carbocycles. The fourth-order valence-corrected chi connectivity index (χ4v) is 3.51. The summed E-state index contributed by atoms with van der Waals surface area (Å²) in [5, 5.41) is 18.3. The summed E-state index contributed by atoms with van der Waals surface area (Å²) in [6.07, 6.45) is 4.73. The highest BCUT2D eigenvalue weighted by Crippen LogP contribution is 2.38. The van der Waals surface area contributed by atoms with E-state index in [9.17, 15) is 14.9 Å². The van der Waals surface area contributed by atoms with Gasteiger partial charge in [0.1, 0.15) is 11.1 Å². The van der Waals surface area contributed by atoms with Crippen LogP contribution in [0.4, 0.5) is 5.69 Å². The lowest BCUT2D eigenvalue weighted by Gasteiger charge is -2.19. The summed E-state index contributed by atoms with van der Waals surface area (Å²) in [7, 11) is 5.99. The molecule has 0 bridgehead atoms. The molecule has 2 rings (SSSR count). The highest BCUT2D eigenvalue weighted by atomic mass is 16.7. The molecule has 0 fully saturated rings. The lowest BCUT2D eigenvalue weighted by molar-refractivity contribution is -0.485. The van der Waals surface area contributed by atoms with Crippen LogP contribution in [-0.2, 0) is 9.53 Å². The maximum atomic E-state index is 12.4. The van der Waals surface area contributed by atoms with Crippen LogP contribution in [-0.4, -0.2) is 58.0 Å². The van der Waals surface area contributed by atoms with Gasteiger partial charge in [-0.15, -0.1) is 0 Å². The lowest BCUT2D eigenvalue weighted by atomic mass is 10.1. The highest BCUT2D eigenvalue weighted by Gasteiger charge is 2.19. The number of carbonyl (C=O) groups excluding carboxylic acids is 1. The molecular weight excluding hydrogens is 482 g/mol. The first-order valence-corrected chi connectivity index (χ1v) is 11.4. The maximum Gasteiger partial charge on any atom is 0.328 e. The van der Waals surface area contributed by atoms with E-state index < -0.39 is 17.0 Å². The minimum absolute atomic E-state index is 0.296. The molecule has 1 atom stereocenters. The number of benzene rings is 2. The molecule has 1 unspecified atom stereocenters. The summed E-state index contributed by atoms with van der Waals surface area (Å²) in [6.45, 7) is 2.23. The fraction of sp³-hybridized carbons (Fsp3) is 0.360. The molecule has 0 aliphatic rings. The van der Waals surface area contributed by atoms with Crippen molar-refractivity contribution >= 4 is 29.8 Å². The van der Waals surface area contributed by atoms with Gasteiger partial charge < -0.3 is 35.3 Å². The molecule has 12 heteroatoms. The van der Waals surface area contributed by atoms with Gasteiger partial charge in [0.05, 0.1) is 28.4 Å². The van der Waals surface area contributed by atoms with Crippen molar-refractivity contribution in [2.45, 2.75) is 25.8 Å². The van der Waals surface area contributed by atoms with E-state index in [4.69, 9.17) is 24.7 Å². The Morgan fingerprint density at radius 3 is 2.30 bits per heavy atom. The SMILES string of the molecule is COC(=O)C(CCCNC(N)=N[N+](=O)[O-])Nc1cc(/C=C\c2cc(OC)c(OC)c(OC)c2)ccc1C. The second-order valence-corrected chi connectivity index (χ2v) is 7.88. The molecule has 0 spiro atoms. The first-order chi connectivity index (χ1) is 17.7. The van der Waals surface area contributed by atoms with Crippen molar-refractivity contribution in [1.29, 1.82) is 0 Å². The third-order valence-electron chi connectivity index (χ3n) is 5.40. The number of nitro groups is 1. The minimum atomic E-state index is -0.882. The summed E-state index contributed by atoms with van der Waals surface area (Å²) < 4.78 is 21.1. The van der Waals surface area contributed by atoms with E-state index in [0.29, 0.717) is 36.6 Å². The molecule has 0 saturated heterocycles. The number of rotatable bonds is 13. The number of nitrogens with one attached hydrogen (secondary N) is 2. The normalized spacial score (nSPS) is 12.1. The lowest BCUT2D eigenvalue weighted by Crippen LogP contribution is -2.35. The van der Waals surface area contributed by atoms with Crippen molar-refractivity contribution in [2.75, 3.05) is 40.3 Å². The smallest absolute Gasteiger partial charge is 0.328 e. The molecule has 0 heterocycles. The van der Waals surface area contributed by atoms with Gasteiger partial charge in [-0.05, 0) is 54.7 Å². The van der Waals surface area contributed by atoms with E-state index >= 15 is 0 Å². The fourth-order valence-electron chi connectivity index (χ4n) is 3.51. The number of hydrogen-bond donors (Lipinski definition) is 3. The quantitative estimate of drug-likeness (QED) is 0.0688. The number of ether oxygens (including phenoxy) is 4. The molecule has 37 heavy (non-hydrogen) atoms. The molecule has 4 N–H and O–H groups in total. The Labute approximate surface area is 215 Å². The zero-order valence-electron chi connectivity index (χ0n) is 21.6. The number of hydrogen-bond acceptors (Lipinski definition) is 8. The summed E-state index contributed by atoms with van der Waals surface area (Å²) >= 11 is 0. The van der Waals surface area contributed by atoms with Crippen LogP contribution in [0.15, 0.2) is 35.4 Å². The topological polar surface area (TPSA) is 160 Å². The molecule has 2 aromatic carbocycles. The van der Waals surface area contributed by atoms with Crippen LogP contribution in [0.25, 0.3) is 12.2 Å². The van der Waals surface area contributed by atoms with E-state index in [0.717, 1.165) is 22.4 Å². The van der Waals surface area contributed by atoms with E-state index in [1.165, 1.54) is 7.11 Å². The van der Waals surface area contributed by atoms with Crippen LogP contribution in [0.2, 0.25) is 0 Å². The van der Waals surface area contributed by atoms with Gasteiger partial charge in [-0.25, -0.2) is 14.9 Å². The van der Waals surface area contributed by atoms with Crippen molar-refractivity contribution in [3.63, 3.8) is 0 Å².